The van der Waals surface area contributed by atoms with Gasteiger partial charge in [-0.15, -0.1) is 0 Å². The van der Waals surface area contributed by atoms with Crippen molar-refractivity contribution in [2.45, 2.75) is 0 Å². The van der Waals surface area contributed by atoms with E-state index < -0.39 is 0 Å². The van der Waals surface area contributed by atoms with Crippen molar-refractivity contribution in [3.63, 3.8) is 0 Å². The third kappa shape index (κ3) is 4.42. The molecule has 2 amide bonds. The van der Waals surface area contributed by atoms with Gasteiger partial charge in [0.2, 0.25) is 5.95 Å². The molecule has 3 aromatic rings. The normalized spacial score (nSPS) is 13.0. The second kappa shape index (κ2) is 9.11. The van der Waals surface area contributed by atoms with Gasteiger partial charge in [-0.05, 0) is 30.3 Å². The first-order chi connectivity index (χ1) is 15.5. The molecular weight excluding hydrogens is 430 g/mol. The highest BCUT2D eigenvalue weighted by Gasteiger charge is 2.20. The van der Waals surface area contributed by atoms with Gasteiger partial charge in [0.25, 0.3) is 11.8 Å². The predicted molar refractivity (Wildman–Crippen MR) is 125 cm³/mol. The van der Waals surface area contributed by atoms with E-state index in [0.29, 0.717) is 52.4 Å². The Morgan fingerprint density at radius 3 is 2.81 bits per heavy atom. The van der Waals surface area contributed by atoms with Gasteiger partial charge in [0.15, 0.2) is 5.82 Å². The van der Waals surface area contributed by atoms with Crippen LogP contribution in [-0.2, 0) is 0 Å². The molecule has 1 aliphatic heterocycles. The molecule has 164 valence electrons. The Morgan fingerprint density at radius 1 is 1.19 bits per heavy atom. The third-order valence-corrected chi connectivity index (χ3v) is 5.29. The summed E-state index contributed by atoms with van der Waals surface area (Å²) in [4.78, 5) is 35.0. The van der Waals surface area contributed by atoms with Gasteiger partial charge in [0.1, 0.15) is 5.02 Å². The largest absolute Gasteiger partial charge is 0.383 e. The minimum absolute atomic E-state index is 0.0273. The van der Waals surface area contributed by atoms with Crippen LogP contribution < -0.4 is 21.3 Å². The van der Waals surface area contributed by atoms with Crippen molar-refractivity contribution >= 4 is 52.2 Å². The van der Waals surface area contributed by atoms with Crippen molar-refractivity contribution in [1.82, 2.24) is 20.2 Å². The SMILES string of the molecule is CNC(=O)c1ccccc1Nc1nc(Nc2ccc3c(c2)NCCN(C)C3=O)ncc1Cl. The molecule has 0 atom stereocenters. The van der Waals surface area contributed by atoms with Crippen molar-refractivity contribution in [3.8, 4) is 0 Å². The third-order valence-electron chi connectivity index (χ3n) is 5.01. The molecule has 2 heterocycles. The van der Waals surface area contributed by atoms with E-state index in [4.69, 9.17) is 11.6 Å². The molecule has 32 heavy (non-hydrogen) atoms. The zero-order chi connectivity index (χ0) is 22.7. The fraction of sp³-hybridized carbons (Fsp3) is 0.182. The number of likely N-dealkylation sites (N-methyl/N-ethyl adjacent to an activating group) is 1. The lowest BCUT2D eigenvalue weighted by Crippen LogP contribution is -2.27. The molecule has 0 spiro atoms. The topological polar surface area (TPSA) is 111 Å². The summed E-state index contributed by atoms with van der Waals surface area (Å²) in [6.07, 6.45) is 1.47. The van der Waals surface area contributed by atoms with E-state index >= 15 is 0 Å². The Balaban J connectivity index is 1.59. The van der Waals surface area contributed by atoms with Crippen molar-refractivity contribution in [3.05, 3.63) is 64.8 Å². The number of para-hydroxylation sites is 1. The fourth-order valence-electron chi connectivity index (χ4n) is 3.32. The van der Waals surface area contributed by atoms with Gasteiger partial charge in [0, 0.05) is 38.6 Å². The van der Waals surface area contributed by atoms with E-state index in [1.165, 1.54) is 6.20 Å². The Hall–Kier alpha value is -3.85. The van der Waals surface area contributed by atoms with Crippen molar-refractivity contribution < 1.29 is 9.59 Å². The molecular formula is C22H22ClN7O2. The summed E-state index contributed by atoms with van der Waals surface area (Å²) in [5.74, 6) is 0.409. The van der Waals surface area contributed by atoms with Crippen LogP contribution in [0.1, 0.15) is 20.7 Å². The monoisotopic (exact) mass is 451 g/mol. The number of hydrogen-bond donors (Lipinski definition) is 4. The summed E-state index contributed by atoms with van der Waals surface area (Å²) in [7, 11) is 3.35. The Kier molecular flexibility index (Phi) is 6.09. The smallest absolute Gasteiger partial charge is 0.255 e. The van der Waals surface area contributed by atoms with Crippen molar-refractivity contribution in [2.75, 3.05) is 43.1 Å². The number of rotatable bonds is 5. The summed E-state index contributed by atoms with van der Waals surface area (Å²) in [5.41, 5.74) is 3.10. The zero-order valence-corrected chi connectivity index (χ0v) is 18.3. The first-order valence-corrected chi connectivity index (χ1v) is 10.3. The number of anilines is 5. The van der Waals surface area contributed by atoms with Crippen molar-refractivity contribution in [1.29, 1.82) is 0 Å². The molecule has 0 fully saturated rings. The Bertz CT molecular complexity index is 1180. The van der Waals surface area contributed by atoms with E-state index in [1.807, 2.05) is 12.1 Å². The molecule has 1 aromatic heterocycles. The van der Waals surface area contributed by atoms with Crippen LogP contribution in [0, 0.1) is 0 Å². The summed E-state index contributed by atoms with van der Waals surface area (Å²) < 4.78 is 0. The van der Waals surface area contributed by atoms with Crippen molar-refractivity contribution in [2.24, 2.45) is 0 Å². The van der Waals surface area contributed by atoms with Crippen LogP contribution in [0.5, 0.6) is 0 Å². The summed E-state index contributed by atoms with van der Waals surface area (Å²) in [6, 6.07) is 12.5. The van der Waals surface area contributed by atoms with Gasteiger partial charge >= 0.3 is 0 Å². The molecule has 4 rings (SSSR count). The maximum Gasteiger partial charge on any atom is 0.255 e. The molecule has 2 aromatic carbocycles. The quantitative estimate of drug-likeness (QED) is 0.470. The van der Waals surface area contributed by atoms with E-state index in [1.54, 1.807) is 49.3 Å². The summed E-state index contributed by atoms with van der Waals surface area (Å²) in [6.45, 7) is 1.29. The Labute approximate surface area is 190 Å². The standard InChI is InChI=1S/C22H22ClN7O2/c1-24-20(31)14-5-3-4-6-17(14)28-19-16(23)12-26-22(29-19)27-13-7-8-15-18(11-13)25-9-10-30(2)21(15)32/h3-8,11-12,25H,9-10H2,1-2H3,(H,24,31)(H2,26,27,28,29). The number of hydrogen-bond acceptors (Lipinski definition) is 7. The van der Waals surface area contributed by atoms with Crippen LogP contribution in [-0.4, -0.2) is 53.9 Å². The lowest BCUT2D eigenvalue weighted by Gasteiger charge is -2.14. The van der Waals surface area contributed by atoms with E-state index in [9.17, 15) is 9.59 Å². The zero-order valence-electron chi connectivity index (χ0n) is 17.6. The minimum Gasteiger partial charge on any atom is -0.383 e. The lowest BCUT2D eigenvalue weighted by atomic mass is 10.1. The average Bonchev–Trinajstić information content (AvgIpc) is 2.94. The highest BCUT2D eigenvalue weighted by Crippen LogP contribution is 2.28. The molecule has 0 unspecified atom stereocenters. The molecule has 1 aliphatic rings. The number of nitrogens with zero attached hydrogens (tertiary/aromatic N) is 3. The summed E-state index contributed by atoms with van der Waals surface area (Å²) >= 11 is 6.29. The maximum absolute atomic E-state index is 12.4. The molecule has 0 saturated carbocycles. The second-order valence-corrected chi connectivity index (χ2v) is 7.59. The first kappa shape index (κ1) is 21.4. The van der Waals surface area contributed by atoms with Gasteiger partial charge in [0.05, 0.1) is 23.0 Å². The van der Waals surface area contributed by atoms with Crippen LogP contribution in [0.3, 0.4) is 0 Å². The number of halogens is 1. The summed E-state index contributed by atoms with van der Waals surface area (Å²) in [5, 5.41) is 12.4. The molecule has 0 bridgehead atoms. The molecule has 10 heteroatoms. The van der Waals surface area contributed by atoms with Crippen LogP contribution in [0.15, 0.2) is 48.7 Å². The molecule has 0 radical (unpaired) electrons. The van der Waals surface area contributed by atoms with E-state index in [2.05, 4.69) is 31.2 Å². The van der Waals surface area contributed by atoms with Gasteiger partial charge < -0.3 is 26.2 Å². The Morgan fingerprint density at radius 2 is 2.00 bits per heavy atom. The molecule has 4 N–H and O–H groups in total. The highest BCUT2D eigenvalue weighted by atomic mass is 35.5. The van der Waals surface area contributed by atoms with Crippen LogP contribution in [0.4, 0.5) is 28.8 Å². The second-order valence-electron chi connectivity index (χ2n) is 7.18. The highest BCUT2D eigenvalue weighted by molar-refractivity contribution is 6.33. The van der Waals surface area contributed by atoms with Gasteiger partial charge in [-0.25, -0.2) is 4.98 Å². The van der Waals surface area contributed by atoms with Gasteiger partial charge in [-0.1, -0.05) is 23.7 Å². The van der Waals surface area contributed by atoms with E-state index in [0.717, 1.165) is 5.69 Å². The van der Waals surface area contributed by atoms with Gasteiger partial charge in [-0.2, -0.15) is 4.98 Å². The first-order valence-electron chi connectivity index (χ1n) is 9.97. The fourth-order valence-corrected chi connectivity index (χ4v) is 3.45. The number of amides is 2. The number of benzene rings is 2. The number of carbonyl (C=O) groups is 2. The number of aromatic nitrogens is 2. The van der Waals surface area contributed by atoms with Crippen LogP contribution >= 0.6 is 11.6 Å². The van der Waals surface area contributed by atoms with E-state index in [-0.39, 0.29) is 11.8 Å². The van der Waals surface area contributed by atoms with Gasteiger partial charge in [-0.3, -0.25) is 9.59 Å². The number of nitrogens with one attached hydrogen (secondary N) is 4. The average molecular weight is 452 g/mol. The minimum atomic E-state index is -0.228. The lowest BCUT2D eigenvalue weighted by molar-refractivity contribution is 0.0805. The number of carbonyl (C=O) groups excluding carboxylic acids is 2. The predicted octanol–water partition coefficient (Wildman–Crippen LogP) is 3.47. The maximum atomic E-state index is 12.4. The molecule has 9 nitrogen and oxygen atoms in total. The van der Waals surface area contributed by atoms with Crippen LogP contribution in [0.2, 0.25) is 5.02 Å². The van der Waals surface area contributed by atoms with Crippen LogP contribution in [0.25, 0.3) is 0 Å². The number of fused-ring (bicyclic) bond motifs is 1. The molecule has 0 aliphatic carbocycles. The molecule has 0 saturated heterocycles.